The molecule has 0 saturated carbocycles. The first-order valence-electron chi connectivity index (χ1n) is 7.55. The molecule has 1 aromatic carbocycles. The van der Waals surface area contributed by atoms with E-state index in [1.165, 1.54) is 18.2 Å². The highest BCUT2D eigenvalue weighted by Gasteiger charge is 2.22. The quantitative estimate of drug-likeness (QED) is 0.851. The van der Waals surface area contributed by atoms with Crippen molar-refractivity contribution in [1.82, 2.24) is 9.88 Å². The van der Waals surface area contributed by atoms with Gasteiger partial charge in [-0.3, -0.25) is 4.79 Å². The molecule has 5 nitrogen and oxygen atoms in total. The molecule has 0 aliphatic rings. The fraction of sp³-hybridized carbons (Fsp3) is 0.353. The first kappa shape index (κ1) is 16.9. The monoisotopic (exact) mass is 318 g/mol. The van der Waals surface area contributed by atoms with Gasteiger partial charge in [0.05, 0.1) is 5.56 Å². The van der Waals surface area contributed by atoms with E-state index in [0.717, 1.165) is 5.82 Å². The zero-order valence-electron chi connectivity index (χ0n) is 13.8. The highest BCUT2D eigenvalue weighted by molar-refractivity contribution is 5.97. The Balaban J connectivity index is 2.37. The molecule has 1 N–H and O–H groups in total. The molecule has 122 valence electrons. The van der Waals surface area contributed by atoms with Crippen LogP contribution in [0, 0.1) is 12.7 Å². The number of benzene rings is 1. The van der Waals surface area contributed by atoms with Crippen molar-refractivity contribution in [1.29, 1.82) is 0 Å². The predicted octanol–water partition coefficient (Wildman–Crippen LogP) is 3.01. The van der Waals surface area contributed by atoms with E-state index < -0.39 is 5.82 Å². The molecule has 0 aliphatic carbocycles. The molecular formula is C17H21FN3O2+. The largest absolute Gasteiger partial charge is 0.449 e. The second-order valence-electron chi connectivity index (χ2n) is 5.46. The number of hydrogen-bond donors (Lipinski definition) is 0. The maximum atomic E-state index is 13.6. The lowest BCUT2D eigenvalue weighted by Crippen LogP contribution is -2.36. The maximum Gasteiger partial charge on any atom is 0.293 e. The summed E-state index contributed by atoms with van der Waals surface area (Å²) >= 11 is 0. The molecule has 0 aliphatic heterocycles. The topological polar surface area (TPSA) is 56.6 Å². The summed E-state index contributed by atoms with van der Waals surface area (Å²) in [5, 5.41) is 0. The zero-order valence-corrected chi connectivity index (χ0v) is 13.8. The first-order chi connectivity index (χ1) is 10.9. The highest BCUT2D eigenvalue weighted by atomic mass is 19.1. The van der Waals surface area contributed by atoms with Gasteiger partial charge in [-0.1, -0.05) is 4.98 Å². The van der Waals surface area contributed by atoms with E-state index in [0.29, 0.717) is 18.0 Å². The minimum absolute atomic E-state index is 0.0120. The summed E-state index contributed by atoms with van der Waals surface area (Å²) in [5.41, 5.74) is 0.195. The highest BCUT2D eigenvalue weighted by Crippen LogP contribution is 2.26. The molecule has 0 unspecified atom stereocenters. The average molecular weight is 318 g/mol. The average Bonchev–Trinajstić information content (AvgIpc) is 2.51. The third-order valence-corrected chi connectivity index (χ3v) is 3.43. The summed E-state index contributed by atoms with van der Waals surface area (Å²) in [7, 11) is 0. The Kier molecular flexibility index (Phi) is 5.26. The van der Waals surface area contributed by atoms with Gasteiger partial charge in [-0.25, -0.2) is 9.37 Å². The first-order valence-corrected chi connectivity index (χ1v) is 7.55. The standard InChI is InChI=1S/C17H20FN3O2/c1-5-21(11(2)3)17(22)15-8-13(18)6-7-16(15)23-14-9-19-12(4)20-10-14/h6-11H,5H2,1-4H3/p+1. The minimum atomic E-state index is -0.478. The van der Waals surface area contributed by atoms with Gasteiger partial charge in [0, 0.05) is 19.5 Å². The smallest absolute Gasteiger partial charge is 0.293 e. The number of hydrogen-bond acceptors (Lipinski definition) is 3. The number of amides is 1. The molecular weight excluding hydrogens is 297 g/mol. The Bertz CT molecular complexity index is 687. The number of carbonyl (C=O) groups excluding carboxylic acids is 1. The molecule has 0 spiro atoms. The van der Waals surface area contributed by atoms with Crippen LogP contribution in [0.5, 0.6) is 11.5 Å². The number of H-pyrrole nitrogens is 1. The van der Waals surface area contributed by atoms with Crippen LogP contribution < -0.4 is 9.72 Å². The van der Waals surface area contributed by atoms with Crippen molar-refractivity contribution in [2.24, 2.45) is 0 Å². The second-order valence-corrected chi connectivity index (χ2v) is 5.46. The fourth-order valence-corrected chi connectivity index (χ4v) is 2.25. The van der Waals surface area contributed by atoms with E-state index in [4.69, 9.17) is 4.74 Å². The van der Waals surface area contributed by atoms with Crippen LogP contribution >= 0.6 is 0 Å². The van der Waals surface area contributed by atoms with Crippen molar-refractivity contribution >= 4 is 5.91 Å². The van der Waals surface area contributed by atoms with Gasteiger partial charge in [-0.15, -0.1) is 0 Å². The molecule has 6 heteroatoms. The molecule has 0 saturated heterocycles. The number of carbonyl (C=O) groups is 1. The second kappa shape index (κ2) is 7.17. The molecule has 0 atom stereocenters. The fourth-order valence-electron chi connectivity index (χ4n) is 2.25. The van der Waals surface area contributed by atoms with Crippen LogP contribution in [-0.2, 0) is 0 Å². The van der Waals surface area contributed by atoms with Crippen LogP contribution in [0.4, 0.5) is 4.39 Å². The van der Waals surface area contributed by atoms with Crippen molar-refractivity contribution < 1.29 is 18.9 Å². The lowest BCUT2D eigenvalue weighted by atomic mass is 10.1. The number of nitrogens with one attached hydrogen (secondary N) is 1. The van der Waals surface area contributed by atoms with Gasteiger partial charge in [0.1, 0.15) is 17.8 Å². The van der Waals surface area contributed by atoms with Gasteiger partial charge in [-0.05, 0) is 39.0 Å². The predicted molar refractivity (Wildman–Crippen MR) is 83.9 cm³/mol. The number of halogens is 1. The molecule has 23 heavy (non-hydrogen) atoms. The van der Waals surface area contributed by atoms with Crippen molar-refractivity contribution in [2.75, 3.05) is 6.54 Å². The number of nitrogens with zero attached hydrogens (tertiary/aromatic N) is 2. The Morgan fingerprint density at radius 2 is 2.17 bits per heavy atom. The Hall–Kier alpha value is -2.50. The third-order valence-electron chi connectivity index (χ3n) is 3.43. The molecule has 0 bridgehead atoms. The summed E-state index contributed by atoms with van der Waals surface area (Å²) in [6, 6.07) is 3.94. The number of aryl methyl sites for hydroxylation is 1. The number of aromatic amines is 1. The summed E-state index contributed by atoms with van der Waals surface area (Å²) < 4.78 is 19.3. The van der Waals surface area contributed by atoms with Crippen molar-refractivity contribution in [3.8, 4) is 11.5 Å². The van der Waals surface area contributed by atoms with Gasteiger partial charge >= 0.3 is 0 Å². The lowest BCUT2D eigenvalue weighted by Gasteiger charge is -2.26. The normalized spacial score (nSPS) is 10.7. The van der Waals surface area contributed by atoms with E-state index in [9.17, 15) is 9.18 Å². The summed E-state index contributed by atoms with van der Waals surface area (Å²) in [6.07, 6.45) is 3.18. The van der Waals surface area contributed by atoms with Crippen LogP contribution in [0.15, 0.2) is 30.6 Å². The zero-order chi connectivity index (χ0) is 17.0. The molecule has 1 heterocycles. The van der Waals surface area contributed by atoms with Crippen LogP contribution in [0.25, 0.3) is 0 Å². The van der Waals surface area contributed by atoms with Gasteiger partial charge in [0.15, 0.2) is 6.20 Å². The van der Waals surface area contributed by atoms with Crippen LogP contribution in [-0.4, -0.2) is 28.4 Å². The van der Waals surface area contributed by atoms with E-state index in [1.54, 1.807) is 17.3 Å². The van der Waals surface area contributed by atoms with Crippen LogP contribution in [0.1, 0.15) is 37.0 Å². The van der Waals surface area contributed by atoms with Gasteiger partial charge in [-0.2, -0.15) is 0 Å². The Morgan fingerprint density at radius 1 is 1.43 bits per heavy atom. The third kappa shape index (κ3) is 4.03. The van der Waals surface area contributed by atoms with E-state index in [-0.39, 0.29) is 17.5 Å². The summed E-state index contributed by atoms with van der Waals surface area (Å²) in [6.45, 7) is 8.07. The number of aromatic nitrogens is 2. The summed E-state index contributed by atoms with van der Waals surface area (Å²) in [5.74, 6) is 0.748. The maximum absolute atomic E-state index is 13.6. The molecule has 1 aromatic heterocycles. The SMILES string of the molecule is CCN(C(=O)c1cc(F)ccc1Oc1cnc(C)[nH+]c1)C(C)C. The van der Waals surface area contributed by atoms with Gasteiger partial charge < -0.3 is 9.64 Å². The molecule has 0 fully saturated rings. The number of ether oxygens (including phenoxy) is 1. The van der Waals surface area contributed by atoms with Crippen molar-refractivity contribution in [3.63, 3.8) is 0 Å². The molecule has 0 radical (unpaired) electrons. The Labute approximate surface area is 135 Å². The van der Waals surface area contributed by atoms with Gasteiger partial charge in [0.2, 0.25) is 5.75 Å². The van der Waals surface area contributed by atoms with E-state index in [2.05, 4.69) is 9.97 Å². The van der Waals surface area contributed by atoms with E-state index in [1.807, 2.05) is 27.7 Å². The van der Waals surface area contributed by atoms with Crippen LogP contribution in [0.2, 0.25) is 0 Å². The van der Waals surface area contributed by atoms with Crippen LogP contribution in [0.3, 0.4) is 0 Å². The van der Waals surface area contributed by atoms with Gasteiger partial charge in [0.25, 0.3) is 11.7 Å². The number of rotatable bonds is 5. The van der Waals surface area contributed by atoms with E-state index >= 15 is 0 Å². The van der Waals surface area contributed by atoms with Crippen molar-refractivity contribution in [2.45, 2.75) is 33.7 Å². The lowest BCUT2D eigenvalue weighted by molar-refractivity contribution is -0.393. The Morgan fingerprint density at radius 3 is 2.74 bits per heavy atom. The molecule has 2 rings (SSSR count). The summed E-state index contributed by atoms with van der Waals surface area (Å²) in [4.78, 5) is 21.4. The minimum Gasteiger partial charge on any atom is -0.449 e. The molecule has 2 aromatic rings. The van der Waals surface area contributed by atoms with Crippen molar-refractivity contribution in [3.05, 3.63) is 47.8 Å². The molecule has 1 amide bonds.